The molecule has 1 saturated heterocycles. The molecule has 2 heterocycles. The van der Waals surface area contributed by atoms with Gasteiger partial charge in [0.25, 0.3) is 0 Å². The number of rotatable bonds is 3. The number of pyridine rings is 1. The number of amides is 2. The van der Waals surface area contributed by atoms with E-state index in [4.69, 9.17) is 0 Å². The van der Waals surface area contributed by atoms with Gasteiger partial charge >= 0.3 is 6.18 Å². The number of hydrogen-bond donors (Lipinski definition) is 0. The largest absolute Gasteiger partial charge is 0.433 e. The van der Waals surface area contributed by atoms with E-state index in [0.717, 1.165) is 6.07 Å². The van der Waals surface area contributed by atoms with Gasteiger partial charge < -0.3 is 9.80 Å². The standard InChI is InChI=1S/C15H18F3N3O2/c1-10(2)21-7-6-20(9-14(21)23)13(22)8-11-4-3-5-12(19-11)15(16,17)18/h3-5,10H,6-9H2,1-2H3. The normalized spacial score (nSPS) is 16.2. The first-order valence-electron chi connectivity index (χ1n) is 7.29. The van der Waals surface area contributed by atoms with Crippen molar-refractivity contribution in [2.24, 2.45) is 0 Å². The Kier molecular flexibility index (Phi) is 4.91. The monoisotopic (exact) mass is 329 g/mol. The topological polar surface area (TPSA) is 53.5 Å². The number of carbonyl (C=O) groups excluding carboxylic acids is 2. The molecule has 0 N–H and O–H groups in total. The first kappa shape index (κ1) is 17.2. The molecule has 2 rings (SSSR count). The van der Waals surface area contributed by atoms with Crippen molar-refractivity contribution in [1.82, 2.24) is 14.8 Å². The summed E-state index contributed by atoms with van der Waals surface area (Å²) >= 11 is 0. The highest BCUT2D eigenvalue weighted by Crippen LogP contribution is 2.27. The smallest absolute Gasteiger partial charge is 0.337 e. The lowest BCUT2D eigenvalue weighted by Crippen LogP contribution is -2.54. The highest BCUT2D eigenvalue weighted by atomic mass is 19.4. The van der Waals surface area contributed by atoms with E-state index in [0.29, 0.717) is 13.1 Å². The zero-order chi connectivity index (χ0) is 17.2. The van der Waals surface area contributed by atoms with Crippen molar-refractivity contribution in [2.75, 3.05) is 19.6 Å². The minimum atomic E-state index is -4.54. The van der Waals surface area contributed by atoms with Crippen molar-refractivity contribution in [1.29, 1.82) is 0 Å². The first-order chi connectivity index (χ1) is 10.7. The number of halogens is 3. The number of piperazine rings is 1. The van der Waals surface area contributed by atoms with Crippen LogP contribution in [0.2, 0.25) is 0 Å². The molecule has 2 amide bonds. The summed E-state index contributed by atoms with van der Waals surface area (Å²) in [5.74, 6) is -0.551. The summed E-state index contributed by atoms with van der Waals surface area (Å²) in [6.07, 6.45) is -4.79. The Morgan fingerprint density at radius 1 is 1.30 bits per heavy atom. The third-order valence-corrected chi connectivity index (χ3v) is 3.66. The number of carbonyl (C=O) groups is 2. The third kappa shape index (κ3) is 4.20. The maximum absolute atomic E-state index is 12.6. The van der Waals surface area contributed by atoms with E-state index >= 15 is 0 Å². The van der Waals surface area contributed by atoms with Gasteiger partial charge in [-0.3, -0.25) is 9.59 Å². The fourth-order valence-electron chi connectivity index (χ4n) is 2.45. The van der Waals surface area contributed by atoms with Crippen LogP contribution in [-0.4, -0.2) is 52.3 Å². The maximum Gasteiger partial charge on any atom is 0.433 e. The Morgan fingerprint density at radius 3 is 2.57 bits per heavy atom. The molecule has 1 aromatic heterocycles. The molecule has 1 aliphatic rings. The first-order valence-corrected chi connectivity index (χ1v) is 7.29. The van der Waals surface area contributed by atoms with Crippen LogP contribution in [0.1, 0.15) is 25.2 Å². The number of hydrogen-bond acceptors (Lipinski definition) is 3. The van der Waals surface area contributed by atoms with Crippen molar-refractivity contribution in [3.8, 4) is 0 Å². The van der Waals surface area contributed by atoms with E-state index in [2.05, 4.69) is 4.98 Å². The molecule has 0 spiro atoms. The second-order valence-corrected chi connectivity index (χ2v) is 5.68. The second kappa shape index (κ2) is 6.55. The van der Waals surface area contributed by atoms with Gasteiger partial charge in [-0.15, -0.1) is 0 Å². The van der Waals surface area contributed by atoms with Gasteiger partial charge in [-0.05, 0) is 26.0 Å². The molecular formula is C15H18F3N3O2. The lowest BCUT2D eigenvalue weighted by molar-refractivity contribution is -0.146. The highest BCUT2D eigenvalue weighted by Gasteiger charge is 2.33. The van der Waals surface area contributed by atoms with Crippen molar-refractivity contribution >= 4 is 11.8 Å². The van der Waals surface area contributed by atoms with Crippen molar-refractivity contribution in [3.63, 3.8) is 0 Å². The molecule has 0 aromatic carbocycles. The van der Waals surface area contributed by atoms with Crippen LogP contribution in [0.5, 0.6) is 0 Å². The third-order valence-electron chi connectivity index (χ3n) is 3.66. The summed E-state index contributed by atoms with van der Waals surface area (Å²) in [4.78, 5) is 30.7. The minimum Gasteiger partial charge on any atom is -0.337 e. The van der Waals surface area contributed by atoms with Gasteiger partial charge in [-0.1, -0.05) is 6.07 Å². The SMILES string of the molecule is CC(C)N1CCN(C(=O)Cc2cccc(C(F)(F)F)n2)CC1=O. The van der Waals surface area contributed by atoms with Crippen LogP contribution >= 0.6 is 0 Å². The highest BCUT2D eigenvalue weighted by molar-refractivity contribution is 5.87. The van der Waals surface area contributed by atoms with Crippen LogP contribution in [0.3, 0.4) is 0 Å². The molecule has 1 aliphatic heterocycles. The molecule has 1 fully saturated rings. The van der Waals surface area contributed by atoms with Crippen LogP contribution in [0, 0.1) is 0 Å². The molecule has 5 nitrogen and oxygen atoms in total. The Labute approximate surface area is 132 Å². The Hall–Kier alpha value is -2.12. The summed E-state index contributed by atoms with van der Waals surface area (Å²) < 4.78 is 37.9. The fraction of sp³-hybridized carbons (Fsp3) is 0.533. The fourth-order valence-corrected chi connectivity index (χ4v) is 2.45. The van der Waals surface area contributed by atoms with E-state index in [1.54, 1.807) is 4.90 Å². The van der Waals surface area contributed by atoms with Crippen LogP contribution < -0.4 is 0 Å². The van der Waals surface area contributed by atoms with E-state index in [1.807, 2.05) is 13.8 Å². The molecule has 0 unspecified atom stereocenters. The van der Waals surface area contributed by atoms with Crippen LogP contribution in [0.25, 0.3) is 0 Å². The Bertz CT molecular complexity index is 602. The molecule has 8 heteroatoms. The number of nitrogens with zero attached hydrogens (tertiary/aromatic N) is 3. The summed E-state index contributed by atoms with van der Waals surface area (Å²) in [5.41, 5.74) is -0.980. The molecule has 0 radical (unpaired) electrons. The molecule has 126 valence electrons. The number of aromatic nitrogens is 1. The molecule has 0 saturated carbocycles. The van der Waals surface area contributed by atoms with Gasteiger partial charge in [0.2, 0.25) is 11.8 Å². The van der Waals surface area contributed by atoms with E-state index in [9.17, 15) is 22.8 Å². The van der Waals surface area contributed by atoms with Crippen molar-refractivity contribution < 1.29 is 22.8 Å². The summed E-state index contributed by atoms with van der Waals surface area (Å²) in [6.45, 7) is 4.54. The number of alkyl halides is 3. The quantitative estimate of drug-likeness (QED) is 0.848. The van der Waals surface area contributed by atoms with Crippen molar-refractivity contribution in [2.45, 2.75) is 32.5 Å². The zero-order valence-electron chi connectivity index (χ0n) is 12.9. The van der Waals surface area contributed by atoms with E-state index in [1.165, 1.54) is 17.0 Å². The van der Waals surface area contributed by atoms with E-state index in [-0.39, 0.29) is 30.6 Å². The van der Waals surface area contributed by atoms with E-state index < -0.39 is 17.8 Å². The van der Waals surface area contributed by atoms with Crippen molar-refractivity contribution in [3.05, 3.63) is 29.6 Å². The van der Waals surface area contributed by atoms with Gasteiger partial charge in [0.15, 0.2) is 0 Å². The maximum atomic E-state index is 12.6. The lowest BCUT2D eigenvalue weighted by Gasteiger charge is -2.36. The van der Waals surface area contributed by atoms with Crippen LogP contribution in [-0.2, 0) is 22.2 Å². The van der Waals surface area contributed by atoms with Crippen LogP contribution in [0.4, 0.5) is 13.2 Å². The van der Waals surface area contributed by atoms with Gasteiger partial charge in [0.1, 0.15) is 5.69 Å². The Balaban J connectivity index is 2.02. The summed E-state index contributed by atoms with van der Waals surface area (Å²) in [7, 11) is 0. The molecule has 0 bridgehead atoms. The molecule has 23 heavy (non-hydrogen) atoms. The predicted octanol–water partition coefficient (Wildman–Crippen LogP) is 1.72. The molecule has 1 aromatic rings. The lowest BCUT2D eigenvalue weighted by atomic mass is 10.2. The van der Waals surface area contributed by atoms with Gasteiger partial charge in [-0.25, -0.2) is 4.98 Å². The average Bonchev–Trinajstić information content (AvgIpc) is 2.46. The minimum absolute atomic E-state index is 0.0450. The zero-order valence-corrected chi connectivity index (χ0v) is 12.9. The van der Waals surface area contributed by atoms with Gasteiger partial charge in [-0.2, -0.15) is 13.2 Å². The second-order valence-electron chi connectivity index (χ2n) is 5.68. The summed E-state index contributed by atoms with van der Waals surface area (Å²) in [5, 5.41) is 0. The van der Waals surface area contributed by atoms with Gasteiger partial charge in [0.05, 0.1) is 18.7 Å². The average molecular weight is 329 g/mol. The molecular weight excluding hydrogens is 311 g/mol. The molecule has 0 aliphatic carbocycles. The summed E-state index contributed by atoms with van der Waals surface area (Å²) in [6, 6.07) is 3.52. The predicted molar refractivity (Wildman–Crippen MR) is 76.4 cm³/mol. The van der Waals surface area contributed by atoms with Crippen LogP contribution in [0.15, 0.2) is 18.2 Å². The Morgan fingerprint density at radius 2 is 2.00 bits per heavy atom. The molecule has 0 atom stereocenters. The van der Waals surface area contributed by atoms with Gasteiger partial charge in [0, 0.05) is 19.1 Å².